The van der Waals surface area contributed by atoms with Crippen molar-refractivity contribution in [2.24, 2.45) is 0 Å². The normalized spacial score (nSPS) is 9.47. The molecule has 0 saturated heterocycles. The predicted octanol–water partition coefficient (Wildman–Crippen LogP) is 2.94. The highest BCUT2D eigenvalue weighted by atomic mass is 79.9. The Morgan fingerprint density at radius 2 is 2.07 bits per heavy atom. The van der Waals surface area contributed by atoms with Crippen LogP contribution >= 0.6 is 15.9 Å². The van der Waals surface area contributed by atoms with Gasteiger partial charge in [-0.25, -0.2) is 4.79 Å². The number of hydrogen-bond acceptors (Lipinski definition) is 3. The third kappa shape index (κ3) is 3.75. The van der Waals surface area contributed by atoms with E-state index in [1.165, 1.54) is 0 Å². The Morgan fingerprint density at radius 3 is 2.60 bits per heavy atom. The molecule has 1 aromatic rings. The van der Waals surface area contributed by atoms with Gasteiger partial charge >= 0.3 is 5.97 Å². The quantitative estimate of drug-likeness (QED) is 0.675. The highest BCUT2D eigenvalue weighted by Crippen LogP contribution is 2.15. The molecule has 0 aliphatic rings. The highest BCUT2D eigenvalue weighted by Gasteiger charge is 2.06. The van der Waals surface area contributed by atoms with Crippen molar-refractivity contribution < 1.29 is 9.53 Å². The minimum absolute atomic E-state index is 0.235. The van der Waals surface area contributed by atoms with E-state index in [2.05, 4.69) is 27.8 Å². The van der Waals surface area contributed by atoms with Gasteiger partial charge in [0.1, 0.15) is 5.70 Å². The lowest BCUT2D eigenvalue weighted by molar-refractivity contribution is -0.138. The fourth-order valence-electron chi connectivity index (χ4n) is 0.977. The Hall–Kier alpha value is -1.29. The number of esters is 1. The molecule has 0 heterocycles. The maximum atomic E-state index is 11.2. The van der Waals surface area contributed by atoms with Crippen LogP contribution in [0, 0.1) is 0 Å². The van der Waals surface area contributed by atoms with Gasteiger partial charge in [0.2, 0.25) is 0 Å². The Balaban J connectivity index is 2.58. The molecule has 1 N–H and O–H groups in total. The SMILES string of the molecule is C=C(Nc1ccc(Br)cc1)C(=O)OCC. The van der Waals surface area contributed by atoms with Crippen LogP contribution in [0.2, 0.25) is 0 Å². The van der Waals surface area contributed by atoms with E-state index in [0.717, 1.165) is 10.2 Å². The van der Waals surface area contributed by atoms with Crippen molar-refractivity contribution in [3.05, 3.63) is 41.0 Å². The summed E-state index contributed by atoms with van der Waals surface area (Å²) in [6, 6.07) is 7.44. The summed E-state index contributed by atoms with van der Waals surface area (Å²) in [7, 11) is 0. The Labute approximate surface area is 97.3 Å². The summed E-state index contributed by atoms with van der Waals surface area (Å²) in [5.41, 5.74) is 1.04. The topological polar surface area (TPSA) is 38.3 Å². The van der Waals surface area contributed by atoms with E-state index in [-0.39, 0.29) is 5.70 Å². The molecule has 0 radical (unpaired) electrons. The van der Waals surface area contributed by atoms with Crippen molar-refractivity contribution in [3.63, 3.8) is 0 Å². The molecule has 0 spiro atoms. The molecule has 0 aliphatic carbocycles. The molecule has 3 nitrogen and oxygen atoms in total. The first-order chi connectivity index (χ1) is 7.13. The van der Waals surface area contributed by atoms with Crippen molar-refractivity contribution in [2.75, 3.05) is 11.9 Å². The van der Waals surface area contributed by atoms with E-state index in [0.29, 0.717) is 6.61 Å². The molecule has 4 heteroatoms. The molecule has 0 atom stereocenters. The van der Waals surface area contributed by atoms with Crippen molar-refractivity contribution in [3.8, 4) is 0 Å². The first-order valence-electron chi connectivity index (χ1n) is 4.52. The third-order valence-electron chi connectivity index (χ3n) is 1.66. The van der Waals surface area contributed by atoms with Crippen LogP contribution in [-0.2, 0) is 9.53 Å². The zero-order chi connectivity index (χ0) is 11.3. The fourth-order valence-corrected chi connectivity index (χ4v) is 1.24. The van der Waals surface area contributed by atoms with Gasteiger partial charge in [0.15, 0.2) is 0 Å². The molecule has 0 amide bonds. The van der Waals surface area contributed by atoms with Gasteiger partial charge in [-0.15, -0.1) is 0 Å². The summed E-state index contributed by atoms with van der Waals surface area (Å²) < 4.78 is 5.77. The van der Waals surface area contributed by atoms with E-state index in [9.17, 15) is 4.79 Å². The lowest BCUT2D eigenvalue weighted by Crippen LogP contribution is -2.13. The summed E-state index contributed by atoms with van der Waals surface area (Å²) in [5, 5.41) is 2.86. The van der Waals surface area contributed by atoms with E-state index in [1.54, 1.807) is 6.92 Å². The summed E-state index contributed by atoms with van der Waals surface area (Å²) in [6.07, 6.45) is 0. The Morgan fingerprint density at radius 1 is 1.47 bits per heavy atom. The lowest BCUT2D eigenvalue weighted by Gasteiger charge is -2.08. The van der Waals surface area contributed by atoms with E-state index in [4.69, 9.17) is 4.74 Å². The number of halogens is 1. The van der Waals surface area contributed by atoms with Gasteiger partial charge < -0.3 is 10.1 Å². The molecule has 80 valence electrons. The summed E-state index contributed by atoms with van der Waals surface area (Å²) in [5.74, 6) is -0.430. The number of carbonyl (C=O) groups excluding carboxylic acids is 1. The van der Waals surface area contributed by atoms with Crippen LogP contribution in [0.25, 0.3) is 0 Å². The largest absolute Gasteiger partial charge is 0.461 e. The molecule has 1 aromatic carbocycles. The van der Waals surface area contributed by atoms with Gasteiger partial charge in [-0.05, 0) is 31.2 Å². The van der Waals surface area contributed by atoms with Crippen molar-refractivity contribution in [1.29, 1.82) is 0 Å². The molecular formula is C11H12BrNO2. The number of ether oxygens (including phenoxy) is 1. The first-order valence-corrected chi connectivity index (χ1v) is 5.31. The highest BCUT2D eigenvalue weighted by molar-refractivity contribution is 9.10. The molecule has 0 bridgehead atoms. The molecule has 1 rings (SSSR count). The van der Waals surface area contributed by atoms with Crippen LogP contribution in [0.15, 0.2) is 41.0 Å². The number of rotatable bonds is 4. The fraction of sp³-hybridized carbons (Fsp3) is 0.182. The van der Waals surface area contributed by atoms with E-state index >= 15 is 0 Å². The zero-order valence-electron chi connectivity index (χ0n) is 8.42. The van der Waals surface area contributed by atoms with Crippen LogP contribution in [0.4, 0.5) is 5.69 Å². The number of anilines is 1. The van der Waals surface area contributed by atoms with Crippen LogP contribution in [-0.4, -0.2) is 12.6 Å². The predicted molar refractivity (Wildman–Crippen MR) is 63.5 cm³/mol. The molecule has 0 unspecified atom stereocenters. The smallest absolute Gasteiger partial charge is 0.354 e. The summed E-state index contributed by atoms with van der Waals surface area (Å²) in [4.78, 5) is 11.2. The lowest BCUT2D eigenvalue weighted by atomic mass is 10.3. The Kier molecular flexibility index (Phi) is 4.37. The second kappa shape index (κ2) is 5.56. The maximum absolute atomic E-state index is 11.2. The number of hydrogen-bond donors (Lipinski definition) is 1. The second-order valence-electron chi connectivity index (χ2n) is 2.83. The van der Waals surface area contributed by atoms with Crippen LogP contribution in [0.5, 0.6) is 0 Å². The third-order valence-corrected chi connectivity index (χ3v) is 2.19. The average molecular weight is 270 g/mol. The monoisotopic (exact) mass is 269 g/mol. The Bertz CT molecular complexity index is 359. The standard InChI is InChI=1S/C11H12BrNO2/c1-3-15-11(14)8(2)13-10-6-4-9(12)5-7-10/h4-7,13H,2-3H2,1H3. The summed E-state index contributed by atoms with van der Waals surface area (Å²) >= 11 is 3.32. The van der Waals surface area contributed by atoms with E-state index in [1.807, 2.05) is 24.3 Å². The number of benzene rings is 1. The first kappa shape index (κ1) is 11.8. The van der Waals surface area contributed by atoms with Crippen LogP contribution in [0.3, 0.4) is 0 Å². The molecule has 0 saturated carbocycles. The van der Waals surface area contributed by atoms with Crippen molar-refractivity contribution in [1.82, 2.24) is 0 Å². The van der Waals surface area contributed by atoms with Gasteiger partial charge in [-0.2, -0.15) is 0 Å². The van der Waals surface area contributed by atoms with Crippen molar-refractivity contribution in [2.45, 2.75) is 6.92 Å². The molecule has 0 aromatic heterocycles. The number of nitrogens with one attached hydrogen (secondary N) is 1. The minimum atomic E-state index is -0.430. The molecule has 15 heavy (non-hydrogen) atoms. The van der Waals surface area contributed by atoms with Crippen LogP contribution < -0.4 is 5.32 Å². The van der Waals surface area contributed by atoms with Gasteiger partial charge in [0.25, 0.3) is 0 Å². The van der Waals surface area contributed by atoms with Gasteiger partial charge in [0.05, 0.1) is 6.61 Å². The van der Waals surface area contributed by atoms with Crippen molar-refractivity contribution >= 4 is 27.6 Å². The molecular weight excluding hydrogens is 258 g/mol. The van der Waals surface area contributed by atoms with Gasteiger partial charge in [0, 0.05) is 10.2 Å². The van der Waals surface area contributed by atoms with Crippen LogP contribution in [0.1, 0.15) is 6.92 Å². The maximum Gasteiger partial charge on any atom is 0.354 e. The van der Waals surface area contributed by atoms with E-state index < -0.39 is 5.97 Å². The minimum Gasteiger partial charge on any atom is -0.461 e. The molecule has 0 aliphatic heterocycles. The second-order valence-corrected chi connectivity index (χ2v) is 3.75. The molecule has 0 fully saturated rings. The average Bonchev–Trinajstić information content (AvgIpc) is 2.22. The van der Waals surface area contributed by atoms with Gasteiger partial charge in [-0.3, -0.25) is 0 Å². The number of carbonyl (C=O) groups is 1. The van der Waals surface area contributed by atoms with Gasteiger partial charge in [-0.1, -0.05) is 22.5 Å². The zero-order valence-corrected chi connectivity index (χ0v) is 10.0. The summed E-state index contributed by atoms with van der Waals surface area (Å²) in [6.45, 7) is 5.70.